The molecule has 8 heteroatoms. The molecule has 1 unspecified atom stereocenters. The summed E-state index contributed by atoms with van der Waals surface area (Å²) < 4.78 is 5.69. The van der Waals surface area contributed by atoms with Crippen LogP contribution in [0.25, 0.3) is 0 Å². The standard InChI is InChI=1S/C18H14Cl2N2O4/c19-12-3-8-15(16(20)10-12)18(23,17-2-1-9-21-17)11-26-14-6-4-13(5-7-14)22(24)25/h1-10,21,23H,11H2. The Morgan fingerprint density at radius 3 is 2.46 bits per heavy atom. The lowest BCUT2D eigenvalue weighted by molar-refractivity contribution is -0.384. The van der Waals surface area contributed by atoms with Crippen molar-refractivity contribution in [1.29, 1.82) is 0 Å². The molecular weight excluding hydrogens is 379 g/mol. The number of ether oxygens (including phenoxy) is 1. The third kappa shape index (κ3) is 3.67. The molecule has 0 bridgehead atoms. The number of aliphatic hydroxyl groups is 1. The van der Waals surface area contributed by atoms with Crippen LogP contribution in [0.15, 0.2) is 60.8 Å². The van der Waals surface area contributed by atoms with Crippen LogP contribution in [0.5, 0.6) is 5.75 Å². The van der Waals surface area contributed by atoms with E-state index >= 15 is 0 Å². The van der Waals surface area contributed by atoms with Gasteiger partial charge < -0.3 is 14.8 Å². The Hall–Kier alpha value is -2.54. The van der Waals surface area contributed by atoms with Gasteiger partial charge in [0, 0.05) is 33.9 Å². The van der Waals surface area contributed by atoms with E-state index < -0.39 is 10.5 Å². The molecule has 2 N–H and O–H groups in total. The van der Waals surface area contributed by atoms with Crippen LogP contribution in [0, 0.1) is 10.1 Å². The smallest absolute Gasteiger partial charge is 0.269 e. The molecule has 6 nitrogen and oxygen atoms in total. The Morgan fingerprint density at radius 1 is 1.15 bits per heavy atom. The Bertz CT molecular complexity index is 913. The Balaban J connectivity index is 1.91. The molecule has 0 spiro atoms. The van der Waals surface area contributed by atoms with E-state index in [4.69, 9.17) is 27.9 Å². The van der Waals surface area contributed by atoms with Crippen molar-refractivity contribution in [2.75, 3.05) is 6.61 Å². The number of rotatable bonds is 6. The summed E-state index contributed by atoms with van der Waals surface area (Å²) >= 11 is 12.2. The summed E-state index contributed by atoms with van der Waals surface area (Å²) in [6, 6.07) is 13.9. The van der Waals surface area contributed by atoms with Gasteiger partial charge in [0.15, 0.2) is 5.60 Å². The monoisotopic (exact) mass is 392 g/mol. The van der Waals surface area contributed by atoms with Crippen molar-refractivity contribution in [3.63, 3.8) is 0 Å². The number of nitro benzene ring substituents is 1. The van der Waals surface area contributed by atoms with Crippen molar-refractivity contribution in [2.24, 2.45) is 0 Å². The summed E-state index contributed by atoms with van der Waals surface area (Å²) in [7, 11) is 0. The first-order chi connectivity index (χ1) is 12.4. The zero-order chi connectivity index (χ0) is 18.7. The predicted molar refractivity (Wildman–Crippen MR) is 98.8 cm³/mol. The van der Waals surface area contributed by atoms with Crippen LogP contribution in [0.3, 0.4) is 0 Å². The normalized spacial score (nSPS) is 13.2. The molecule has 26 heavy (non-hydrogen) atoms. The third-order valence-electron chi connectivity index (χ3n) is 3.92. The van der Waals surface area contributed by atoms with E-state index in [9.17, 15) is 15.2 Å². The second-order valence-electron chi connectivity index (χ2n) is 5.61. The van der Waals surface area contributed by atoms with Gasteiger partial charge >= 0.3 is 0 Å². The fraction of sp³-hybridized carbons (Fsp3) is 0.111. The van der Waals surface area contributed by atoms with Gasteiger partial charge in [0.2, 0.25) is 0 Å². The number of nitrogens with one attached hydrogen (secondary N) is 1. The lowest BCUT2D eigenvalue weighted by Crippen LogP contribution is -2.35. The van der Waals surface area contributed by atoms with Crippen molar-refractivity contribution >= 4 is 28.9 Å². The van der Waals surface area contributed by atoms with Crippen LogP contribution in [0.2, 0.25) is 10.0 Å². The zero-order valence-corrected chi connectivity index (χ0v) is 14.9. The Kier molecular flexibility index (Phi) is 5.18. The molecule has 1 aromatic heterocycles. The minimum atomic E-state index is -1.56. The van der Waals surface area contributed by atoms with E-state index in [0.717, 1.165) is 0 Å². The highest BCUT2D eigenvalue weighted by atomic mass is 35.5. The fourth-order valence-corrected chi connectivity index (χ4v) is 3.13. The summed E-state index contributed by atoms with van der Waals surface area (Å²) in [4.78, 5) is 13.2. The Labute approximate surface area is 159 Å². The molecule has 1 atom stereocenters. The highest BCUT2D eigenvalue weighted by molar-refractivity contribution is 6.35. The third-order valence-corrected chi connectivity index (χ3v) is 4.46. The molecule has 0 saturated carbocycles. The molecule has 3 rings (SSSR count). The number of non-ortho nitro benzene ring substituents is 1. The van der Waals surface area contributed by atoms with E-state index in [1.165, 1.54) is 30.3 Å². The summed E-state index contributed by atoms with van der Waals surface area (Å²) in [6.07, 6.45) is 1.68. The number of H-pyrrole nitrogens is 1. The molecule has 0 amide bonds. The van der Waals surface area contributed by atoms with Crippen molar-refractivity contribution in [1.82, 2.24) is 4.98 Å². The number of hydrogen-bond acceptors (Lipinski definition) is 4. The summed E-state index contributed by atoms with van der Waals surface area (Å²) in [5.41, 5.74) is -0.693. The first kappa shape index (κ1) is 18.3. The lowest BCUT2D eigenvalue weighted by Gasteiger charge is -2.29. The second kappa shape index (κ2) is 7.37. The molecular formula is C18H14Cl2N2O4. The molecule has 2 aromatic carbocycles. The van der Waals surface area contributed by atoms with Crippen LogP contribution >= 0.6 is 23.2 Å². The number of aromatic nitrogens is 1. The number of nitrogens with zero attached hydrogens (tertiary/aromatic N) is 1. The number of nitro groups is 1. The molecule has 134 valence electrons. The minimum Gasteiger partial charge on any atom is -0.490 e. The van der Waals surface area contributed by atoms with E-state index in [1.54, 1.807) is 30.5 Å². The summed E-state index contributed by atoms with van der Waals surface area (Å²) in [5, 5.41) is 22.8. The van der Waals surface area contributed by atoms with Gasteiger partial charge in [0.25, 0.3) is 5.69 Å². The van der Waals surface area contributed by atoms with Gasteiger partial charge in [-0.3, -0.25) is 10.1 Å². The van der Waals surface area contributed by atoms with Crippen LogP contribution in [-0.2, 0) is 5.60 Å². The molecule has 0 aliphatic heterocycles. The molecule has 0 radical (unpaired) electrons. The minimum absolute atomic E-state index is 0.0438. The van der Waals surface area contributed by atoms with Crippen LogP contribution in [-0.4, -0.2) is 21.6 Å². The van der Waals surface area contributed by atoms with Crippen molar-refractivity contribution in [3.05, 3.63) is 92.2 Å². The summed E-state index contributed by atoms with van der Waals surface area (Å²) in [6.45, 7) is -0.160. The highest BCUT2D eigenvalue weighted by Crippen LogP contribution is 2.35. The quantitative estimate of drug-likeness (QED) is 0.475. The van der Waals surface area contributed by atoms with E-state index in [1.807, 2.05) is 0 Å². The average molecular weight is 393 g/mol. The van der Waals surface area contributed by atoms with Gasteiger partial charge in [0.05, 0.1) is 10.6 Å². The van der Waals surface area contributed by atoms with Crippen molar-refractivity contribution < 1.29 is 14.8 Å². The fourth-order valence-electron chi connectivity index (χ4n) is 2.56. The van der Waals surface area contributed by atoms with Crippen molar-refractivity contribution in [2.45, 2.75) is 5.60 Å². The van der Waals surface area contributed by atoms with Crippen molar-refractivity contribution in [3.8, 4) is 5.75 Å². The zero-order valence-electron chi connectivity index (χ0n) is 13.4. The molecule has 0 saturated heterocycles. The van der Waals surface area contributed by atoms with Gasteiger partial charge in [-0.25, -0.2) is 0 Å². The van der Waals surface area contributed by atoms with E-state index in [2.05, 4.69) is 4.98 Å². The first-order valence-electron chi connectivity index (χ1n) is 7.59. The maximum Gasteiger partial charge on any atom is 0.269 e. The molecule has 0 aliphatic carbocycles. The van der Waals surface area contributed by atoms with Gasteiger partial charge in [-0.1, -0.05) is 29.3 Å². The van der Waals surface area contributed by atoms with Crippen LogP contribution < -0.4 is 4.74 Å². The van der Waals surface area contributed by atoms with Crippen LogP contribution in [0.1, 0.15) is 11.3 Å². The average Bonchev–Trinajstić information content (AvgIpc) is 3.15. The first-order valence-corrected chi connectivity index (χ1v) is 8.35. The van der Waals surface area contributed by atoms with Gasteiger partial charge in [-0.15, -0.1) is 0 Å². The largest absolute Gasteiger partial charge is 0.490 e. The highest BCUT2D eigenvalue weighted by Gasteiger charge is 2.36. The topological polar surface area (TPSA) is 88.4 Å². The second-order valence-corrected chi connectivity index (χ2v) is 6.45. The number of aromatic amines is 1. The lowest BCUT2D eigenvalue weighted by atomic mass is 9.91. The molecule has 3 aromatic rings. The van der Waals surface area contributed by atoms with E-state index in [-0.39, 0.29) is 12.3 Å². The Morgan fingerprint density at radius 2 is 1.88 bits per heavy atom. The predicted octanol–water partition coefficient (Wildman–Crippen LogP) is 4.54. The van der Waals surface area contributed by atoms with Gasteiger partial charge in [0.1, 0.15) is 12.4 Å². The molecule has 0 fully saturated rings. The van der Waals surface area contributed by atoms with Gasteiger partial charge in [-0.05, 0) is 36.4 Å². The number of hydrogen-bond donors (Lipinski definition) is 2. The van der Waals surface area contributed by atoms with E-state index in [0.29, 0.717) is 27.1 Å². The van der Waals surface area contributed by atoms with Gasteiger partial charge in [-0.2, -0.15) is 0 Å². The van der Waals surface area contributed by atoms with Crippen LogP contribution in [0.4, 0.5) is 5.69 Å². The SMILES string of the molecule is O=[N+]([O-])c1ccc(OCC(O)(c2ccc[nH]2)c2ccc(Cl)cc2Cl)cc1. The molecule has 1 heterocycles. The summed E-state index contributed by atoms with van der Waals surface area (Å²) in [5.74, 6) is 0.380. The maximum absolute atomic E-state index is 11.3. The number of benzene rings is 2. The maximum atomic E-state index is 11.3. The number of halogens is 2. The molecule has 0 aliphatic rings.